The van der Waals surface area contributed by atoms with E-state index in [1.807, 2.05) is 24.3 Å². The maximum absolute atomic E-state index is 11.4. The van der Waals surface area contributed by atoms with Crippen LogP contribution in [0.3, 0.4) is 0 Å². The Morgan fingerprint density at radius 2 is 2.03 bits per heavy atom. The lowest BCUT2D eigenvalue weighted by Crippen LogP contribution is -2.48. The first-order valence-corrected chi connectivity index (χ1v) is 12.2. The first kappa shape index (κ1) is 22.5. The van der Waals surface area contributed by atoms with Crippen molar-refractivity contribution >= 4 is 34.7 Å². The molecular formula is C26H27N5O5. The van der Waals surface area contributed by atoms with E-state index in [0.29, 0.717) is 66.9 Å². The first-order valence-electron chi connectivity index (χ1n) is 12.2. The molecular weight excluding hydrogens is 462 g/mol. The number of aromatic nitrogens is 1. The number of azo groups is 1. The van der Waals surface area contributed by atoms with Gasteiger partial charge in [0.2, 0.25) is 0 Å². The molecule has 0 spiro atoms. The average molecular weight is 490 g/mol. The highest BCUT2D eigenvalue weighted by molar-refractivity contribution is 5.95. The molecule has 186 valence electrons. The van der Waals surface area contributed by atoms with Crippen LogP contribution in [0.2, 0.25) is 0 Å². The predicted molar refractivity (Wildman–Crippen MR) is 132 cm³/mol. The van der Waals surface area contributed by atoms with Crippen LogP contribution in [-0.4, -0.2) is 63.9 Å². The van der Waals surface area contributed by atoms with Crippen LogP contribution in [0.1, 0.15) is 42.7 Å². The second-order valence-electron chi connectivity index (χ2n) is 9.51. The average Bonchev–Trinajstić information content (AvgIpc) is 3.57. The van der Waals surface area contributed by atoms with Crippen molar-refractivity contribution in [3.8, 4) is 11.5 Å². The molecule has 10 nitrogen and oxygen atoms in total. The number of pyridine rings is 1. The van der Waals surface area contributed by atoms with Crippen molar-refractivity contribution in [1.29, 1.82) is 0 Å². The van der Waals surface area contributed by atoms with E-state index >= 15 is 0 Å². The van der Waals surface area contributed by atoms with Gasteiger partial charge in [-0.25, -0.2) is 9.78 Å². The summed E-state index contributed by atoms with van der Waals surface area (Å²) in [5.41, 5.74) is 2.75. The largest absolute Gasteiger partial charge is 0.504 e. The molecule has 1 saturated carbocycles. The Hall–Kier alpha value is -3.92. The molecule has 36 heavy (non-hydrogen) atoms. The minimum Gasteiger partial charge on any atom is -0.504 e. The smallest absolute Gasteiger partial charge is 0.407 e. The molecule has 1 saturated heterocycles. The van der Waals surface area contributed by atoms with Crippen molar-refractivity contribution < 1.29 is 24.2 Å². The van der Waals surface area contributed by atoms with E-state index in [9.17, 15) is 15.0 Å². The number of amides is 1. The Bertz CT molecular complexity index is 1380. The SMILES string of the molecule is CC(c1c(OCC2CC2)ccc2c(O)c(C=C3N=Nc4ncccc43)oc12)N1CCN(C(=O)O)CC1. The monoisotopic (exact) mass is 489 g/mol. The van der Waals surface area contributed by atoms with E-state index in [-0.39, 0.29) is 11.8 Å². The van der Waals surface area contributed by atoms with E-state index in [0.717, 1.165) is 16.9 Å². The second kappa shape index (κ2) is 8.94. The van der Waals surface area contributed by atoms with E-state index in [2.05, 4.69) is 27.0 Å². The Balaban J connectivity index is 1.39. The number of aromatic hydroxyl groups is 1. The van der Waals surface area contributed by atoms with Gasteiger partial charge >= 0.3 is 6.09 Å². The molecule has 2 N–H and O–H groups in total. The highest BCUT2D eigenvalue weighted by atomic mass is 16.5. The Morgan fingerprint density at radius 1 is 1.22 bits per heavy atom. The van der Waals surface area contributed by atoms with Crippen LogP contribution in [0.5, 0.6) is 11.5 Å². The van der Waals surface area contributed by atoms with Gasteiger partial charge in [-0.1, -0.05) is 0 Å². The molecule has 0 bridgehead atoms. The normalized spacial score (nSPS) is 19.7. The number of carbonyl (C=O) groups is 1. The number of hydrogen-bond donors (Lipinski definition) is 2. The number of furan rings is 1. The summed E-state index contributed by atoms with van der Waals surface area (Å²) < 4.78 is 12.5. The van der Waals surface area contributed by atoms with Crippen molar-refractivity contribution in [2.75, 3.05) is 32.8 Å². The summed E-state index contributed by atoms with van der Waals surface area (Å²) in [7, 11) is 0. The molecule has 1 aliphatic carbocycles. The number of nitrogens with zero attached hydrogens (tertiary/aromatic N) is 5. The van der Waals surface area contributed by atoms with Gasteiger partial charge < -0.3 is 24.3 Å². The maximum Gasteiger partial charge on any atom is 0.407 e. The quantitative estimate of drug-likeness (QED) is 0.483. The standard InChI is InChI=1S/C26H27N5O5/c1-15(30-9-11-31(12-10-30)26(33)34)22-20(35-14-16-4-5-16)7-6-18-23(32)21(36-24(18)22)13-19-17-3-2-8-27-25(17)29-28-19/h2-3,6-8,13,15-16,32H,4-5,9-12,14H2,1H3,(H,33,34). The number of rotatable bonds is 6. The third-order valence-corrected chi connectivity index (χ3v) is 7.16. The number of hydrogen-bond acceptors (Lipinski definition) is 8. The molecule has 2 aromatic heterocycles. The highest BCUT2D eigenvalue weighted by Crippen LogP contribution is 2.44. The summed E-state index contributed by atoms with van der Waals surface area (Å²) in [5.74, 6) is 2.16. The topological polar surface area (TPSA) is 124 Å². The van der Waals surface area contributed by atoms with Gasteiger partial charge in [-0.05, 0) is 49.9 Å². The predicted octanol–water partition coefficient (Wildman–Crippen LogP) is 5.27. The van der Waals surface area contributed by atoms with Gasteiger partial charge in [-0.3, -0.25) is 4.90 Å². The third kappa shape index (κ3) is 4.07. The van der Waals surface area contributed by atoms with Gasteiger partial charge in [0.05, 0.1) is 17.6 Å². The van der Waals surface area contributed by atoms with Crippen LogP contribution in [0, 0.1) is 5.92 Å². The van der Waals surface area contributed by atoms with Crippen molar-refractivity contribution in [3.05, 3.63) is 47.3 Å². The van der Waals surface area contributed by atoms with Crippen molar-refractivity contribution in [3.63, 3.8) is 0 Å². The van der Waals surface area contributed by atoms with Gasteiger partial charge in [0.25, 0.3) is 0 Å². The second-order valence-corrected chi connectivity index (χ2v) is 9.51. The molecule has 10 heteroatoms. The molecule has 1 amide bonds. The fourth-order valence-corrected chi connectivity index (χ4v) is 4.83. The molecule has 2 fully saturated rings. The summed E-state index contributed by atoms with van der Waals surface area (Å²) in [6, 6.07) is 7.30. The van der Waals surface area contributed by atoms with Crippen LogP contribution < -0.4 is 4.74 Å². The maximum atomic E-state index is 11.4. The third-order valence-electron chi connectivity index (χ3n) is 7.16. The summed E-state index contributed by atoms with van der Waals surface area (Å²) in [6.07, 6.45) is 4.79. The molecule has 0 radical (unpaired) electrons. The van der Waals surface area contributed by atoms with E-state index < -0.39 is 6.09 Å². The van der Waals surface area contributed by atoms with Gasteiger partial charge in [-0.15, -0.1) is 10.2 Å². The summed E-state index contributed by atoms with van der Waals surface area (Å²) >= 11 is 0. The van der Waals surface area contributed by atoms with Gasteiger partial charge in [-0.2, -0.15) is 0 Å². The van der Waals surface area contributed by atoms with Gasteiger partial charge in [0.1, 0.15) is 17.0 Å². The zero-order chi connectivity index (χ0) is 24.8. The lowest BCUT2D eigenvalue weighted by atomic mass is 10.0. The van der Waals surface area contributed by atoms with Gasteiger partial charge in [0, 0.05) is 50.1 Å². The number of piperazine rings is 1. The Kier molecular flexibility index (Phi) is 5.60. The van der Waals surface area contributed by atoms with Crippen molar-refractivity contribution in [2.24, 2.45) is 16.1 Å². The molecule has 1 unspecified atom stereocenters. The lowest BCUT2D eigenvalue weighted by Gasteiger charge is -2.37. The molecule has 3 aliphatic rings. The minimum atomic E-state index is -0.896. The highest BCUT2D eigenvalue weighted by Gasteiger charge is 2.31. The Morgan fingerprint density at radius 3 is 2.78 bits per heavy atom. The Labute approximate surface area is 207 Å². The zero-order valence-electron chi connectivity index (χ0n) is 19.9. The van der Waals surface area contributed by atoms with Crippen LogP contribution >= 0.6 is 0 Å². The number of benzene rings is 1. The number of ether oxygens (including phenoxy) is 1. The van der Waals surface area contributed by atoms with E-state index in [1.165, 1.54) is 17.7 Å². The van der Waals surface area contributed by atoms with Crippen LogP contribution in [0.4, 0.5) is 10.6 Å². The van der Waals surface area contributed by atoms with Crippen molar-refractivity contribution in [2.45, 2.75) is 25.8 Å². The fraction of sp³-hybridized carbons (Fsp3) is 0.385. The molecule has 4 heterocycles. The van der Waals surface area contributed by atoms with Gasteiger partial charge in [0.15, 0.2) is 17.3 Å². The summed E-state index contributed by atoms with van der Waals surface area (Å²) in [4.78, 5) is 19.2. The molecule has 6 rings (SSSR count). The van der Waals surface area contributed by atoms with Crippen LogP contribution in [0.15, 0.2) is 45.1 Å². The van der Waals surface area contributed by atoms with E-state index in [1.54, 1.807) is 12.3 Å². The lowest BCUT2D eigenvalue weighted by molar-refractivity contribution is 0.0881. The minimum absolute atomic E-state index is 0.0305. The number of carboxylic acid groups (broad SMARTS) is 1. The van der Waals surface area contributed by atoms with Crippen molar-refractivity contribution in [1.82, 2.24) is 14.8 Å². The molecule has 1 aromatic carbocycles. The molecule has 1 atom stereocenters. The molecule has 3 aromatic rings. The first-order chi connectivity index (χ1) is 17.5. The van der Waals surface area contributed by atoms with E-state index in [4.69, 9.17) is 9.15 Å². The van der Waals surface area contributed by atoms with Crippen LogP contribution in [-0.2, 0) is 0 Å². The number of fused-ring (bicyclic) bond motifs is 2. The van der Waals surface area contributed by atoms with Crippen LogP contribution in [0.25, 0.3) is 22.7 Å². The zero-order valence-corrected chi connectivity index (χ0v) is 19.9. The summed E-state index contributed by atoms with van der Waals surface area (Å²) in [6.45, 7) is 4.78. The molecule has 2 aliphatic heterocycles. The summed E-state index contributed by atoms with van der Waals surface area (Å²) in [5, 5.41) is 29.3. The fourth-order valence-electron chi connectivity index (χ4n) is 4.83.